The van der Waals surface area contributed by atoms with E-state index in [0.717, 1.165) is 53.5 Å². The Kier molecular flexibility index (Phi) is 4.81. The molecule has 3 rings (SSSR count). The Labute approximate surface area is 143 Å². The maximum absolute atomic E-state index is 4.75. The first-order valence-electron chi connectivity index (χ1n) is 8.51. The maximum Gasteiger partial charge on any atom is 0.165 e. The van der Waals surface area contributed by atoms with E-state index in [9.17, 15) is 0 Å². The summed E-state index contributed by atoms with van der Waals surface area (Å²) in [4.78, 5) is 6.21. The summed E-state index contributed by atoms with van der Waals surface area (Å²) in [7, 11) is 4.36. The van der Waals surface area contributed by atoms with E-state index in [-0.39, 0.29) is 0 Å². The predicted molar refractivity (Wildman–Crippen MR) is 98.7 cm³/mol. The second-order valence-electron chi connectivity index (χ2n) is 6.58. The van der Waals surface area contributed by atoms with Crippen LogP contribution in [0.5, 0.6) is 0 Å². The minimum atomic E-state index is 0.916. The molecule has 2 N–H and O–H groups in total. The fourth-order valence-corrected chi connectivity index (χ4v) is 2.97. The Balaban J connectivity index is 1.97. The van der Waals surface area contributed by atoms with Crippen molar-refractivity contribution < 1.29 is 4.90 Å². The summed E-state index contributed by atoms with van der Waals surface area (Å²) in [6.45, 7) is 6.16. The standard InChI is InChI=1S/C19H25N5/c1-14-13-17(20-11-8-12-23(3)4)24-19(21-14)18(15(2)22-24)16-9-6-5-7-10-16/h5-7,9-10,13,20H,8,11-12H2,1-4H3/p+1. The van der Waals surface area contributed by atoms with Gasteiger partial charge in [0.05, 0.1) is 26.3 Å². The van der Waals surface area contributed by atoms with Gasteiger partial charge in [0.25, 0.3) is 0 Å². The normalized spacial score (nSPS) is 11.4. The largest absolute Gasteiger partial charge is 0.370 e. The molecule has 0 atom stereocenters. The number of hydrogen-bond donors (Lipinski definition) is 2. The van der Waals surface area contributed by atoms with Gasteiger partial charge in [0, 0.05) is 30.3 Å². The molecule has 3 aromatic rings. The zero-order valence-corrected chi connectivity index (χ0v) is 14.9. The molecule has 5 heteroatoms. The number of benzene rings is 1. The first-order chi connectivity index (χ1) is 11.6. The van der Waals surface area contributed by atoms with E-state index in [0.29, 0.717) is 0 Å². The lowest BCUT2D eigenvalue weighted by Gasteiger charge is -2.11. The molecule has 0 aliphatic heterocycles. The number of aromatic nitrogens is 3. The van der Waals surface area contributed by atoms with Gasteiger partial charge in [-0.1, -0.05) is 30.3 Å². The second-order valence-corrected chi connectivity index (χ2v) is 6.58. The van der Waals surface area contributed by atoms with Gasteiger partial charge in [-0.3, -0.25) is 0 Å². The summed E-state index contributed by atoms with van der Waals surface area (Å²) < 4.78 is 1.94. The van der Waals surface area contributed by atoms with Crippen molar-refractivity contribution >= 4 is 11.5 Å². The maximum atomic E-state index is 4.75. The Bertz CT molecular complexity index is 821. The zero-order valence-electron chi connectivity index (χ0n) is 14.9. The van der Waals surface area contributed by atoms with Gasteiger partial charge in [0.15, 0.2) is 5.65 Å². The third-order valence-corrected chi connectivity index (χ3v) is 4.11. The van der Waals surface area contributed by atoms with Crippen LogP contribution in [0.3, 0.4) is 0 Å². The molecule has 0 spiro atoms. The van der Waals surface area contributed by atoms with E-state index in [1.54, 1.807) is 0 Å². The number of nitrogens with one attached hydrogen (secondary N) is 2. The molecule has 126 valence electrons. The molecule has 0 saturated heterocycles. The van der Waals surface area contributed by atoms with Gasteiger partial charge in [0.2, 0.25) is 0 Å². The highest BCUT2D eigenvalue weighted by molar-refractivity contribution is 5.80. The van der Waals surface area contributed by atoms with Crippen LogP contribution in [-0.2, 0) is 0 Å². The van der Waals surface area contributed by atoms with Crippen LogP contribution < -0.4 is 10.2 Å². The van der Waals surface area contributed by atoms with Gasteiger partial charge in [-0.15, -0.1) is 0 Å². The second kappa shape index (κ2) is 7.01. The summed E-state index contributed by atoms with van der Waals surface area (Å²) in [5, 5.41) is 8.25. The number of nitrogens with zero attached hydrogens (tertiary/aromatic N) is 3. The molecule has 2 aromatic heterocycles. The average molecular weight is 324 g/mol. The van der Waals surface area contributed by atoms with Crippen molar-refractivity contribution in [3.8, 4) is 11.1 Å². The Morgan fingerprint density at radius 3 is 2.58 bits per heavy atom. The monoisotopic (exact) mass is 324 g/mol. The topological polar surface area (TPSA) is 46.7 Å². The molecule has 0 radical (unpaired) electrons. The van der Waals surface area contributed by atoms with Crippen LogP contribution in [0.2, 0.25) is 0 Å². The van der Waals surface area contributed by atoms with Crippen LogP contribution in [-0.4, -0.2) is 41.8 Å². The van der Waals surface area contributed by atoms with Gasteiger partial charge in [0.1, 0.15) is 5.82 Å². The van der Waals surface area contributed by atoms with E-state index in [4.69, 9.17) is 10.1 Å². The molecule has 0 saturated carbocycles. The molecular formula is C19H26N5+. The summed E-state index contributed by atoms with van der Waals surface area (Å²) in [6, 6.07) is 12.4. The number of hydrogen-bond acceptors (Lipinski definition) is 3. The zero-order chi connectivity index (χ0) is 17.1. The Morgan fingerprint density at radius 1 is 1.12 bits per heavy atom. The van der Waals surface area contributed by atoms with Gasteiger partial charge < -0.3 is 10.2 Å². The lowest BCUT2D eigenvalue weighted by atomic mass is 10.1. The Morgan fingerprint density at radius 2 is 1.88 bits per heavy atom. The van der Waals surface area contributed by atoms with Crippen LogP contribution >= 0.6 is 0 Å². The highest BCUT2D eigenvalue weighted by Crippen LogP contribution is 2.28. The highest BCUT2D eigenvalue weighted by atomic mass is 15.3. The molecule has 0 unspecified atom stereocenters. The molecule has 5 nitrogen and oxygen atoms in total. The third-order valence-electron chi connectivity index (χ3n) is 4.11. The van der Waals surface area contributed by atoms with Gasteiger partial charge in [-0.25, -0.2) is 4.98 Å². The highest BCUT2D eigenvalue weighted by Gasteiger charge is 2.15. The van der Waals surface area contributed by atoms with E-state index < -0.39 is 0 Å². The SMILES string of the molecule is Cc1cc(NCCC[NH+](C)C)n2nc(C)c(-c3ccccc3)c2n1. The van der Waals surface area contributed by atoms with Crippen LogP contribution in [0.25, 0.3) is 16.8 Å². The van der Waals surface area contributed by atoms with E-state index in [2.05, 4.69) is 49.7 Å². The van der Waals surface area contributed by atoms with Crippen molar-refractivity contribution in [3.05, 3.63) is 47.8 Å². The first kappa shape index (κ1) is 16.5. The fourth-order valence-electron chi connectivity index (χ4n) is 2.97. The quantitative estimate of drug-likeness (QED) is 0.682. The number of fused-ring (bicyclic) bond motifs is 1. The third kappa shape index (κ3) is 3.41. The van der Waals surface area contributed by atoms with Crippen LogP contribution in [0.4, 0.5) is 5.82 Å². The minimum Gasteiger partial charge on any atom is -0.370 e. The molecule has 0 fully saturated rings. The van der Waals surface area contributed by atoms with Crippen molar-refractivity contribution in [2.45, 2.75) is 20.3 Å². The van der Waals surface area contributed by atoms with Crippen LogP contribution in [0, 0.1) is 13.8 Å². The first-order valence-corrected chi connectivity index (χ1v) is 8.51. The van der Waals surface area contributed by atoms with Gasteiger partial charge in [-0.2, -0.15) is 9.61 Å². The smallest absolute Gasteiger partial charge is 0.165 e. The summed E-state index contributed by atoms with van der Waals surface area (Å²) in [6.07, 6.45) is 1.12. The molecule has 0 aliphatic rings. The lowest BCUT2D eigenvalue weighted by molar-refractivity contribution is -0.858. The number of aryl methyl sites for hydroxylation is 2. The van der Waals surface area contributed by atoms with Crippen molar-refractivity contribution in [2.24, 2.45) is 0 Å². The van der Waals surface area contributed by atoms with E-state index in [1.165, 1.54) is 4.90 Å². The van der Waals surface area contributed by atoms with E-state index in [1.807, 2.05) is 24.4 Å². The summed E-state index contributed by atoms with van der Waals surface area (Å²) >= 11 is 0. The van der Waals surface area contributed by atoms with Crippen molar-refractivity contribution in [1.82, 2.24) is 14.6 Å². The van der Waals surface area contributed by atoms with Crippen molar-refractivity contribution in [2.75, 3.05) is 32.5 Å². The number of anilines is 1. The molecule has 0 amide bonds. The molecule has 0 aliphatic carbocycles. The van der Waals surface area contributed by atoms with Crippen LogP contribution in [0.15, 0.2) is 36.4 Å². The average Bonchev–Trinajstić information content (AvgIpc) is 2.88. The fraction of sp³-hybridized carbons (Fsp3) is 0.368. The minimum absolute atomic E-state index is 0.916. The van der Waals surface area contributed by atoms with Crippen LogP contribution in [0.1, 0.15) is 17.8 Å². The number of quaternary nitrogens is 1. The lowest BCUT2D eigenvalue weighted by Crippen LogP contribution is -3.05. The van der Waals surface area contributed by atoms with Gasteiger partial charge in [-0.05, 0) is 19.4 Å². The molecule has 2 heterocycles. The van der Waals surface area contributed by atoms with Crippen molar-refractivity contribution in [3.63, 3.8) is 0 Å². The molecule has 24 heavy (non-hydrogen) atoms. The molecule has 1 aromatic carbocycles. The molecular weight excluding hydrogens is 298 g/mol. The summed E-state index contributed by atoms with van der Waals surface area (Å²) in [5.41, 5.74) is 5.19. The number of rotatable bonds is 6. The summed E-state index contributed by atoms with van der Waals surface area (Å²) in [5.74, 6) is 1.01. The van der Waals surface area contributed by atoms with Crippen molar-refractivity contribution in [1.29, 1.82) is 0 Å². The molecule has 0 bridgehead atoms. The predicted octanol–water partition coefficient (Wildman–Crippen LogP) is 1.96. The van der Waals surface area contributed by atoms with E-state index >= 15 is 0 Å². The Hall–Kier alpha value is -2.40. The van der Waals surface area contributed by atoms with Gasteiger partial charge >= 0.3 is 0 Å².